The number of aryl methyl sites for hydroxylation is 1. The molecule has 1 aliphatic heterocycles. The third kappa shape index (κ3) is 5.66. The van der Waals surface area contributed by atoms with Gasteiger partial charge < -0.3 is 24.8 Å². The Morgan fingerprint density at radius 1 is 1.18 bits per heavy atom. The van der Waals surface area contributed by atoms with Gasteiger partial charge >= 0.3 is 0 Å². The lowest BCUT2D eigenvalue weighted by molar-refractivity contribution is -0.114. The summed E-state index contributed by atoms with van der Waals surface area (Å²) in [7, 11) is 0. The largest absolute Gasteiger partial charge is 0.434 e. The summed E-state index contributed by atoms with van der Waals surface area (Å²) in [6.07, 6.45) is 3.70. The average Bonchev–Trinajstić information content (AvgIpc) is 2.87. The Kier molecular flexibility index (Phi) is 7.19. The molecule has 0 aliphatic carbocycles. The third-order valence-electron chi connectivity index (χ3n) is 5.95. The Bertz CT molecular complexity index is 1460. The van der Waals surface area contributed by atoms with E-state index in [-0.39, 0.29) is 46.0 Å². The van der Waals surface area contributed by atoms with Crippen molar-refractivity contribution in [1.29, 1.82) is 0 Å². The van der Waals surface area contributed by atoms with Crippen LogP contribution in [0.4, 0.5) is 14.6 Å². The SMILES string of the molecule is C=C(C(=O)Nc1cnc(Oc2ccc(F)cc2F)cn1)N1CCN(C(=O)c2c[nH]c(=O)c(C)n2)C(C)(C)C1. The molecule has 2 N–H and O–H groups in total. The fourth-order valence-electron chi connectivity index (χ4n) is 3.95. The number of rotatable bonds is 6. The van der Waals surface area contributed by atoms with E-state index in [9.17, 15) is 23.2 Å². The lowest BCUT2D eigenvalue weighted by Gasteiger charge is -2.47. The highest BCUT2D eigenvalue weighted by atomic mass is 19.1. The number of aromatic nitrogens is 4. The van der Waals surface area contributed by atoms with Gasteiger partial charge in [0.2, 0.25) is 5.88 Å². The van der Waals surface area contributed by atoms with Gasteiger partial charge in [0.15, 0.2) is 17.4 Å². The van der Waals surface area contributed by atoms with E-state index in [2.05, 4.69) is 31.8 Å². The predicted octanol–water partition coefficient (Wildman–Crippen LogP) is 2.63. The highest BCUT2D eigenvalue weighted by molar-refractivity contribution is 6.02. The van der Waals surface area contributed by atoms with Crippen molar-refractivity contribution < 1.29 is 23.1 Å². The number of aromatic amines is 1. The van der Waals surface area contributed by atoms with Crippen molar-refractivity contribution in [2.75, 3.05) is 25.0 Å². The molecular weight excluding hydrogens is 500 g/mol. The molecule has 2 amide bonds. The Morgan fingerprint density at radius 2 is 1.95 bits per heavy atom. The zero-order valence-electron chi connectivity index (χ0n) is 20.9. The number of piperazine rings is 1. The van der Waals surface area contributed by atoms with Crippen LogP contribution in [0, 0.1) is 18.6 Å². The number of hydrogen-bond acceptors (Lipinski definition) is 8. The Balaban J connectivity index is 1.36. The van der Waals surface area contributed by atoms with Crippen molar-refractivity contribution in [3.63, 3.8) is 0 Å². The Labute approximate surface area is 216 Å². The maximum atomic E-state index is 13.8. The lowest BCUT2D eigenvalue weighted by Crippen LogP contribution is -2.61. The number of nitrogens with one attached hydrogen (secondary N) is 2. The Hall–Kier alpha value is -4.68. The molecule has 4 rings (SSSR count). The van der Waals surface area contributed by atoms with Crippen LogP contribution in [0.3, 0.4) is 0 Å². The summed E-state index contributed by atoms with van der Waals surface area (Å²) in [5.74, 6) is -2.66. The number of ether oxygens (including phenoxy) is 1. The number of carbonyl (C=O) groups excluding carboxylic acids is 2. The Morgan fingerprint density at radius 3 is 2.58 bits per heavy atom. The second-order valence-electron chi connectivity index (χ2n) is 9.21. The standard InChI is InChI=1S/C25H25F2N7O4/c1-14-22(35)30-10-18(31-14)24(37)34-8-7-33(13-25(34,3)4)15(2)23(36)32-20-11-29-21(12-28-20)38-19-6-5-16(26)9-17(19)27/h5-6,9-12H,2,7-8,13H2,1,3-4H3,(H,30,35)(H,28,32,36). The van der Waals surface area contributed by atoms with Gasteiger partial charge in [-0.05, 0) is 32.9 Å². The molecule has 0 spiro atoms. The zero-order valence-corrected chi connectivity index (χ0v) is 20.9. The molecule has 2 aromatic heterocycles. The molecule has 1 aliphatic rings. The minimum atomic E-state index is -0.893. The van der Waals surface area contributed by atoms with E-state index in [1.165, 1.54) is 25.5 Å². The fourth-order valence-corrected chi connectivity index (χ4v) is 3.95. The maximum absolute atomic E-state index is 13.8. The van der Waals surface area contributed by atoms with Crippen LogP contribution in [0.15, 0.2) is 53.9 Å². The molecule has 38 heavy (non-hydrogen) atoms. The van der Waals surface area contributed by atoms with E-state index in [0.29, 0.717) is 25.7 Å². The number of H-pyrrole nitrogens is 1. The van der Waals surface area contributed by atoms with Gasteiger partial charge in [-0.3, -0.25) is 14.4 Å². The van der Waals surface area contributed by atoms with Crippen LogP contribution < -0.4 is 15.6 Å². The first kappa shape index (κ1) is 26.4. The first-order valence-electron chi connectivity index (χ1n) is 11.5. The summed E-state index contributed by atoms with van der Waals surface area (Å²) in [5.41, 5.74) is -0.546. The molecule has 0 saturated carbocycles. The van der Waals surface area contributed by atoms with Gasteiger partial charge in [-0.2, -0.15) is 0 Å². The molecule has 0 unspecified atom stereocenters. The number of nitrogens with zero attached hydrogens (tertiary/aromatic N) is 5. The van der Waals surface area contributed by atoms with Gasteiger partial charge in [0, 0.05) is 31.9 Å². The van der Waals surface area contributed by atoms with Gasteiger partial charge in [0.05, 0.1) is 23.6 Å². The normalized spacial score (nSPS) is 14.7. The highest BCUT2D eigenvalue weighted by Gasteiger charge is 2.39. The van der Waals surface area contributed by atoms with Gasteiger partial charge in [-0.15, -0.1) is 0 Å². The van der Waals surface area contributed by atoms with E-state index in [4.69, 9.17) is 4.74 Å². The van der Waals surface area contributed by atoms with Crippen molar-refractivity contribution >= 4 is 17.6 Å². The minimum Gasteiger partial charge on any atom is -0.434 e. The predicted molar refractivity (Wildman–Crippen MR) is 133 cm³/mol. The molecule has 1 aromatic carbocycles. The molecule has 0 atom stereocenters. The monoisotopic (exact) mass is 525 g/mol. The number of halogens is 2. The summed E-state index contributed by atoms with van der Waals surface area (Å²) < 4.78 is 32.1. The number of amides is 2. The first-order chi connectivity index (χ1) is 17.9. The van der Waals surface area contributed by atoms with Gasteiger partial charge in [-0.1, -0.05) is 6.58 Å². The smallest absolute Gasteiger partial charge is 0.274 e. The maximum Gasteiger partial charge on any atom is 0.274 e. The van der Waals surface area contributed by atoms with Crippen LogP contribution in [0.1, 0.15) is 30.0 Å². The second kappa shape index (κ2) is 10.4. The number of anilines is 1. The molecule has 198 valence electrons. The van der Waals surface area contributed by atoms with E-state index >= 15 is 0 Å². The summed E-state index contributed by atoms with van der Waals surface area (Å²) in [6.45, 7) is 10.1. The van der Waals surface area contributed by atoms with Crippen LogP contribution in [0.25, 0.3) is 0 Å². The molecule has 13 heteroatoms. The summed E-state index contributed by atoms with van der Waals surface area (Å²) in [4.78, 5) is 55.5. The van der Waals surface area contributed by atoms with Crippen LogP contribution in [-0.4, -0.2) is 66.7 Å². The molecule has 0 radical (unpaired) electrons. The molecule has 1 fully saturated rings. The van der Waals surface area contributed by atoms with Crippen LogP contribution >= 0.6 is 0 Å². The van der Waals surface area contributed by atoms with Crippen molar-refractivity contribution in [3.8, 4) is 11.6 Å². The molecule has 1 saturated heterocycles. The van der Waals surface area contributed by atoms with Gasteiger partial charge in [-0.25, -0.2) is 23.7 Å². The van der Waals surface area contributed by atoms with Crippen molar-refractivity contribution in [2.45, 2.75) is 26.3 Å². The van der Waals surface area contributed by atoms with Crippen molar-refractivity contribution in [2.24, 2.45) is 0 Å². The molecule has 0 bridgehead atoms. The van der Waals surface area contributed by atoms with Crippen molar-refractivity contribution in [3.05, 3.63) is 82.4 Å². The summed E-state index contributed by atoms with van der Waals surface area (Å²) in [5, 5.41) is 2.59. The number of carbonyl (C=O) groups is 2. The van der Waals surface area contributed by atoms with E-state index < -0.39 is 23.1 Å². The summed E-state index contributed by atoms with van der Waals surface area (Å²) in [6, 6.07) is 2.85. The number of benzene rings is 1. The molecule has 3 heterocycles. The first-order valence-corrected chi connectivity index (χ1v) is 11.5. The van der Waals surface area contributed by atoms with E-state index in [1.54, 1.807) is 9.80 Å². The van der Waals surface area contributed by atoms with Crippen LogP contribution in [0.2, 0.25) is 0 Å². The topological polar surface area (TPSA) is 133 Å². The summed E-state index contributed by atoms with van der Waals surface area (Å²) >= 11 is 0. The number of hydrogen-bond donors (Lipinski definition) is 2. The van der Waals surface area contributed by atoms with Gasteiger partial charge in [0.1, 0.15) is 17.2 Å². The molecule has 3 aromatic rings. The van der Waals surface area contributed by atoms with E-state index in [1.807, 2.05) is 13.8 Å². The second-order valence-corrected chi connectivity index (χ2v) is 9.21. The van der Waals surface area contributed by atoms with E-state index in [0.717, 1.165) is 12.1 Å². The van der Waals surface area contributed by atoms with Crippen LogP contribution in [-0.2, 0) is 4.79 Å². The quantitative estimate of drug-likeness (QED) is 0.470. The van der Waals surface area contributed by atoms with Crippen molar-refractivity contribution in [1.82, 2.24) is 29.7 Å². The average molecular weight is 526 g/mol. The molecular formula is C25H25F2N7O4. The van der Waals surface area contributed by atoms with Gasteiger partial charge in [0.25, 0.3) is 17.4 Å². The fraction of sp³-hybridized carbons (Fsp3) is 0.280. The molecule has 11 nitrogen and oxygen atoms in total. The zero-order chi connectivity index (χ0) is 27.6. The highest BCUT2D eigenvalue weighted by Crippen LogP contribution is 2.26. The van der Waals surface area contributed by atoms with Crippen LogP contribution in [0.5, 0.6) is 11.6 Å². The minimum absolute atomic E-state index is 0.0537. The third-order valence-corrected chi connectivity index (χ3v) is 5.95. The lowest BCUT2D eigenvalue weighted by atomic mass is 9.97.